The molecule has 1 heterocycles. The van der Waals surface area contributed by atoms with Crippen molar-refractivity contribution in [3.05, 3.63) is 66.2 Å². The average Bonchev–Trinajstić information content (AvgIpc) is 2.89. The Hall–Kier alpha value is -3.15. The fraction of sp³-hybridized carbons (Fsp3) is 0. The summed E-state index contributed by atoms with van der Waals surface area (Å²) < 4.78 is 1.22. The van der Waals surface area contributed by atoms with E-state index >= 15 is 0 Å². The fourth-order valence-electron chi connectivity index (χ4n) is 1.95. The van der Waals surface area contributed by atoms with Gasteiger partial charge in [0.2, 0.25) is 0 Å². The van der Waals surface area contributed by atoms with Gasteiger partial charge in [-0.3, -0.25) is 10.1 Å². The molecule has 0 saturated carbocycles. The normalized spacial score (nSPS) is 10.3. The highest BCUT2D eigenvalue weighted by molar-refractivity contribution is 5.96. The summed E-state index contributed by atoms with van der Waals surface area (Å²) in [6, 6.07) is 18.4. The number of aromatic nitrogens is 3. The number of para-hydroxylation sites is 1. The molecule has 3 rings (SSSR count). The molecule has 1 aromatic heterocycles. The topological polar surface area (TPSA) is 87.1 Å². The molecule has 0 amide bonds. The lowest BCUT2D eigenvalue weighted by Gasteiger charge is -2.02. The minimum Gasteiger partial charge on any atom is -0.318 e. The van der Waals surface area contributed by atoms with Gasteiger partial charge < -0.3 is 5.73 Å². The van der Waals surface area contributed by atoms with Gasteiger partial charge >= 0.3 is 17.8 Å². The van der Waals surface area contributed by atoms with Crippen LogP contribution in [0.25, 0.3) is 0 Å². The number of hydrogen-bond donors (Lipinski definition) is 2. The second kappa shape index (κ2) is 5.46. The molecular formula is C15H14N5O+. The molecule has 104 valence electrons. The van der Waals surface area contributed by atoms with Gasteiger partial charge in [-0.25, -0.2) is 4.98 Å². The first-order valence-electron chi connectivity index (χ1n) is 6.43. The molecule has 6 heteroatoms. The number of nitrogens with zero attached hydrogens (tertiary/aromatic N) is 2. The number of hydrogen-bond acceptors (Lipinski definition) is 4. The summed E-state index contributed by atoms with van der Waals surface area (Å²) in [5.41, 5.74) is 7.03. The van der Waals surface area contributed by atoms with Crippen molar-refractivity contribution in [1.29, 1.82) is 0 Å². The second-order valence-electron chi connectivity index (χ2n) is 4.43. The zero-order valence-electron chi connectivity index (χ0n) is 11.2. The Labute approximate surface area is 121 Å². The van der Waals surface area contributed by atoms with Crippen LogP contribution in [0.3, 0.4) is 0 Å². The van der Waals surface area contributed by atoms with Gasteiger partial charge in [0.05, 0.1) is 11.3 Å². The highest BCUT2D eigenvalue weighted by atomic mass is 16.2. The Bertz CT molecular complexity index is 752. The molecular weight excluding hydrogens is 266 g/mol. The molecule has 21 heavy (non-hydrogen) atoms. The maximum Gasteiger partial charge on any atom is 0.344 e. The van der Waals surface area contributed by atoms with Crippen molar-refractivity contribution in [2.75, 3.05) is 11.1 Å². The van der Waals surface area contributed by atoms with Crippen LogP contribution in [0, 0.1) is 0 Å². The molecule has 2 aromatic carbocycles. The molecule has 0 bridgehead atoms. The van der Waals surface area contributed by atoms with Crippen LogP contribution in [-0.2, 0) is 0 Å². The van der Waals surface area contributed by atoms with E-state index in [4.69, 9.17) is 5.73 Å². The number of carbonyl (C=O) groups excluding carboxylic acids is 1. The third-order valence-electron chi connectivity index (χ3n) is 2.92. The Morgan fingerprint density at radius 3 is 2.33 bits per heavy atom. The summed E-state index contributed by atoms with van der Waals surface area (Å²) in [7, 11) is 0. The number of rotatable bonds is 3. The standard InChI is InChI=1S/C15H13N5O/c16-14-18-15(17-12-9-5-2-6-10-12)20(19-14)13(21)11-7-3-1-4-8-11/h1-10H,(H3,16,17,18,19)/p+1. The van der Waals surface area contributed by atoms with Gasteiger partial charge in [0.25, 0.3) is 0 Å². The van der Waals surface area contributed by atoms with Gasteiger partial charge in [0.15, 0.2) is 0 Å². The van der Waals surface area contributed by atoms with Crippen LogP contribution in [0.1, 0.15) is 10.4 Å². The lowest BCUT2D eigenvalue weighted by Crippen LogP contribution is -2.19. The SMILES string of the molecule is Nc1nn(C(=O)c2ccccc2)c(Nc2ccccc2)[nH+]1. The fourth-order valence-corrected chi connectivity index (χ4v) is 1.95. The molecule has 0 aliphatic heterocycles. The van der Waals surface area contributed by atoms with Crippen LogP contribution in [0.5, 0.6) is 0 Å². The monoisotopic (exact) mass is 280 g/mol. The smallest absolute Gasteiger partial charge is 0.318 e. The Kier molecular flexibility index (Phi) is 3.34. The van der Waals surface area contributed by atoms with Crippen LogP contribution in [0.4, 0.5) is 17.6 Å². The predicted octanol–water partition coefficient (Wildman–Crippen LogP) is 1.71. The maximum atomic E-state index is 12.5. The molecule has 0 aliphatic carbocycles. The Balaban J connectivity index is 1.95. The lowest BCUT2D eigenvalue weighted by atomic mass is 10.2. The van der Waals surface area contributed by atoms with Crippen molar-refractivity contribution in [2.24, 2.45) is 0 Å². The van der Waals surface area contributed by atoms with Gasteiger partial charge in [-0.15, -0.1) is 0 Å². The van der Waals surface area contributed by atoms with Crippen LogP contribution >= 0.6 is 0 Å². The molecule has 0 aliphatic rings. The molecule has 4 N–H and O–H groups in total. The van der Waals surface area contributed by atoms with Crippen LogP contribution in [0.2, 0.25) is 0 Å². The number of nitrogen functional groups attached to an aromatic ring is 1. The molecule has 6 nitrogen and oxygen atoms in total. The Morgan fingerprint density at radius 2 is 1.67 bits per heavy atom. The average molecular weight is 280 g/mol. The number of H-pyrrole nitrogens is 1. The molecule has 0 spiro atoms. The molecule has 0 fully saturated rings. The van der Waals surface area contributed by atoms with E-state index in [1.807, 2.05) is 36.4 Å². The maximum absolute atomic E-state index is 12.5. The first-order chi connectivity index (χ1) is 10.2. The van der Waals surface area contributed by atoms with Crippen molar-refractivity contribution in [3.8, 4) is 0 Å². The number of nitrogens with one attached hydrogen (secondary N) is 2. The Morgan fingerprint density at radius 1 is 1.05 bits per heavy atom. The highest BCUT2D eigenvalue weighted by Crippen LogP contribution is 2.13. The first kappa shape index (κ1) is 12.9. The highest BCUT2D eigenvalue weighted by Gasteiger charge is 2.22. The van der Waals surface area contributed by atoms with E-state index in [1.165, 1.54) is 4.68 Å². The van der Waals surface area contributed by atoms with Crippen LogP contribution in [-0.4, -0.2) is 15.7 Å². The van der Waals surface area contributed by atoms with Crippen LogP contribution in [0.15, 0.2) is 60.7 Å². The van der Waals surface area contributed by atoms with E-state index in [1.54, 1.807) is 24.3 Å². The van der Waals surface area contributed by atoms with Crippen LogP contribution < -0.4 is 16.0 Å². The third kappa shape index (κ3) is 2.74. The van der Waals surface area contributed by atoms with Gasteiger partial charge in [0, 0.05) is 5.10 Å². The molecule has 0 unspecified atom stereocenters. The van der Waals surface area contributed by atoms with E-state index in [0.29, 0.717) is 11.5 Å². The van der Waals surface area contributed by atoms with Gasteiger partial charge in [-0.1, -0.05) is 41.1 Å². The first-order valence-corrected chi connectivity index (χ1v) is 6.43. The van der Waals surface area contributed by atoms with Crippen molar-refractivity contribution >= 4 is 23.5 Å². The summed E-state index contributed by atoms with van der Waals surface area (Å²) in [6.45, 7) is 0. The largest absolute Gasteiger partial charge is 0.344 e. The summed E-state index contributed by atoms with van der Waals surface area (Å²) in [6.07, 6.45) is 0. The number of benzene rings is 2. The predicted molar refractivity (Wildman–Crippen MR) is 79.1 cm³/mol. The number of carbonyl (C=O) groups is 1. The zero-order valence-corrected chi connectivity index (χ0v) is 11.2. The van der Waals surface area contributed by atoms with E-state index in [-0.39, 0.29) is 11.9 Å². The van der Waals surface area contributed by atoms with Crippen molar-refractivity contribution in [2.45, 2.75) is 0 Å². The molecule has 3 aromatic rings. The van der Waals surface area contributed by atoms with Crippen molar-refractivity contribution < 1.29 is 9.78 Å². The second-order valence-corrected chi connectivity index (χ2v) is 4.43. The van der Waals surface area contributed by atoms with Gasteiger partial charge in [0.1, 0.15) is 0 Å². The van der Waals surface area contributed by atoms with Gasteiger partial charge in [-0.05, 0) is 24.3 Å². The van der Waals surface area contributed by atoms with E-state index in [2.05, 4.69) is 15.4 Å². The van der Waals surface area contributed by atoms with Gasteiger partial charge in [-0.2, -0.15) is 0 Å². The number of nitrogens with two attached hydrogens (primary N) is 1. The minimum absolute atomic E-state index is 0.165. The van der Waals surface area contributed by atoms with E-state index < -0.39 is 0 Å². The lowest BCUT2D eigenvalue weighted by molar-refractivity contribution is -0.343. The number of anilines is 3. The quantitative estimate of drug-likeness (QED) is 0.764. The summed E-state index contributed by atoms with van der Waals surface area (Å²) >= 11 is 0. The zero-order chi connectivity index (χ0) is 14.7. The van der Waals surface area contributed by atoms with E-state index in [0.717, 1.165) is 5.69 Å². The third-order valence-corrected chi connectivity index (χ3v) is 2.92. The molecule has 0 atom stereocenters. The summed E-state index contributed by atoms with van der Waals surface area (Å²) in [5.74, 6) is 0.312. The summed E-state index contributed by atoms with van der Waals surface area (Å²) in [4.78, 5) is 15.3. The molecule has 0 saturated heterocycles. The number of aromatic amines is 1. The summed E-state index contributed by atoms with van der Waals surface area (Å²) in [5, 5.41) is 7.10. The van der Waals surface area contributed by atoms with Crippen molar-refractivity contribution in [3.63, 3.8) is 0 Å². The molecule has 0 radical (unpaired) electrons. The van der Waals surface area contributed by atoms with E-state index in [9.17, 15) is 4.79 Å². The minimum atomic E-state index is -0.262. The van der Waals surface area contributed by atoms with Crippen molar-refractivity contribution in [1.82, 2.24) is 9.78 Å².